The molecule has 0 radical (unpaired) electrons. The molecule has 1 unspecified atom stereocenters. The molecule has 0 saturated carbocycles. The topological polar surface area (TPSA) is 75.1 Å². The first-order valence-corrected chi connectivity index (χ1v) is 9.90. The maximum Gasteiger partial charge on any atom is 0.387 e. The maximum atomic E-state index is 12.6. The third-order valence-corrected chi connectivity index (χ3v) is 4.35. The van der Waals surface area contributed by atoms with Gasteiger partial charge in [-0.05, 0) is 43.0 Å². The zero-order valence-electron chi connectivity index (χ0n) is 17.7. The first-order valence-electron chi connectivity index (χ1n) is 9.90. The number of methoxy groups -OCH3 is 1. The zero-order chi connectivity index (χ0) is 21.8. The van der Waals surface area contributed by atoms with Crippen molar-refractivity contribution in [3.8, 4) is 11.5 Å². The fraction of sp³-hybridized carbons (Fsp3) is 0.409. The van der Waals surface area contributed by atoms with E-state index in [-0.39, 0.29) is 35.5 Å². The molecule has 0 aliphatic carbocycles. The lowest BCUT2D eigenvalue weighted by Crippen LogP contribution is -2.38. The molecule has 0 bridgehead atoms. The van der Waals surface area contributed by atoms with Crippen LogP contribution < -0.4 is 20.1 Å². The van der Waals surface area contributed by atoms with Crippen molar-refractivity contribution in [2.24, 2.45) is 4.99 Å². The van der Waals surface area contributed by atoms with Crippen LogP contribution in [-0.2, 0) is 6.42 Å². The lowest BCUT2D eigenvalue weighted by atomic mass is 10.1. The minimum absolute atomic E-state index is 0. The van der Waals surface area contributed by atoms with E-state index in [4.69, 9.17) is 4.74 Å². The number of hydrogen-bond donors (Lipinski definition) is 3. The van der Waals surface area contributed by atoms with E-state index in [1.54, 1.807) is 18.2 Å². The molecule has 2 aromatic rings. The van der Waals surface area contributed by atoms with Gasteiger partial charge in [0.2, 0.25) is 0 Å². The molecule has 0 spiro atoms. The van der Waals surface area contributed by atoms with Gasteiger partial charge in [0, 0.05) is 19.6 Å². The molecule has 3 N–H and O–H groups in total. The summed E-state index contributed by atoms with van der Waals surface area (Å²) >= 11 is 0. The van der Waals surface area contributed by atoms with Crippen LogP contribution in [0.5, 0.6) is 11.5 Å². The van der Waals surface area contributed by atoms with E-state index < -0.39 is 12.7 Å². The van der Waals surface area contributed by atoms with E-state index in [0.717, 1.165) is 11.1 Å². The number of ether oxygens (including phenoxy) is 2. The first-order chi connectivity index (χ1) is 14.5. The van der Waals surface area contributed by atoms with Gasteiger partial charge in [-0.25, -0.2) is 0 Å². The van der Waals surface area contributed by atoms with Crippen LogP contribution in [0.1, 0.15) is 30.6 Å². The minimum atomic E-state index is -2.91. The highest BCUT2D eigenvalue weighted by Gasteiger charge is 2.11. The molecule has 2 aromatic carbocycles. The molecule has 0 aliphatic heterocycles. The van der Waals surface area contributed by atoms with Gasteiger partial charge >= 0.3 is 6.61 Å². The van der Waals surface area contributed by atoms with Crippen LogP contribution in [0.15, 0.2) is 53.5 Å². The van der Waals surface area contributed by atoms with E-state index in [2.05, 4.69) is 20.4 Å². The summed E-state index contributed by atoms with van der Waals surface area (Å²) < 4.78 is 34.7. The highest BCUT2D eigenvalue weighted by molar-refractivity contribution is 14.0. The summed E-state index contributed by atoms with van der Waals surface area (Å²) in [7, 11) is 1.41. The summed E-state index contributed by atoms with van der Waals surface area (Å²) in [5, 5.41) is 16.6. The molecule has 0 heterocycles. The van der Waals surface area contributed by atoms with Crippen LogP contribution >= 0.6 is 24.0 Å². The Morgan fingerprint density at radius 2 is 1.84 bits per heavy atom. The molecule has 0 fully saturated rings. The molecular weight excluding hydrogens is 519 g/mol. The third kappa shape index (κ3) is 9.69. The number of benzene rings is 2. The summed E-state index contributed by atoms with van der Waals surface area (Å²) in [5.74, 6) is 0.912. The van der Waals surface area contributed by atoms with Gasteiger partial charge in [-0.2, -0.15) is 8.78 Å². The van der Waals surface area contributed by atoms with E-state index in [1.165, 1.54) is 7.11 Å². The standard InChI is InChI=1S/C22H29F2N3O3.HI/c1-3-25-22(27-14-12-18(28)17-7-5-4-6-8-17)26-13-11-16-9-10-19(29-2)20(15-16)30-21(23)24;/h4-10,15,18,21,28H,3,11-14H2,1-2H3,(H2,25,26,27);1H. The molecule has 0 amide bonds. The summed E-state index contributed by atoms with van der Waals surface area (Å²) in [6, 6.07) is 14.4. The number of rotatable bonds is 11. The number of aliphatic imine (C=N–C) groups is 1. The van der Waals surface area contributed by atoms with Gasteiger partial charge in [-0.15, -0.1) is 24.0 Å². The fourth-order valence-electron chi connectivity index (χ4n) is 2.87. The Balaban J connectivity index is 0.00000480. The van der Waals surface area contributed by atoms with Gasteiger partial charge in [-0.3, -0.25) is 4.99 Å². The molecule has 172 valence electrons. The predicted octanol–water partition coefficient (Wildman–Crippen LogP) is 4.14. The number of nitrogens with zero attached hydrogens (tertiary/aromatic N) is 1. The van der Waals surface area contributed by atoms with Gasteiger partial charge in [0.05, 0.1) is 13.2 Å². The molecular formula is C22H30F2IN3O3. The van der Waals surface area contributed by atoms with Gasteiger partial charge < -0.3 is 25.2 Å². The Morgan fingerprint density at radius 3 is 2.48 bits per heavy atom. The number of alkyl halides is 2. The average Bonchev–Trinajstić information content (AvgIpc) is 2.74. The second-order valence-electron chi connectivity index (χ2n) is 6.52. The lowest BCUT2D eigenvalue weighted by molar-refractivity contribution is -0.0512. The zero-order valence-corrected chi connectivity index (χ0v) is 20.0. The van der Waals surface area contributed by atoms with E-state index in [0.29, 0.717) is 38.4 Å². The summed E-state index contributed by atoms with van der Waals surface area (Å²) in [4.78, 5) is 4.48. The molecule has 0 saturated heterocycles. The van der Waals surface area contributed by atoms with Crippen LogP contribution in [0.25, 0.3) is 0 Å². The van der Waals surface area contributed by atoms with Crippen molar-refractivity contribution in [1.29, 1.82) is 0 Å². The van der Waals surface area contributed by atoms with E-state index >= 15 is 0 Å². The number of hydrogen-bond acceptors (Lipinski definition) is 4. The van der Waals surface area contributed by atoms with Crippen molar-refractivity contribution in [1.82, 2.24) is 10.6 Å². The normalized spacial score (nSPS) is 12.1. The minimum Gasteiger partial charge on any atom is -0.493 e. The fourth-order valence-corrected chi connectivity index (χ4v) is 2.87. The smallest absolute Gasteiger partial charge is 0.387 e. The first kappa shape index (κ1) is 26.9. The van der Waals surface area contributed by atoms with Gasteiger partial charge in [0.25, 0.3) is 0 Å². The van der Waals surface area contributed by atoms with Crippen molar-refractivity contribution in [2.45, 2.75) is 32.5 Å². The van der Waals surface area contributed by atoms with Crippen molar-refractivity contribution >= 4 is 29.9 Å². The Hall–Kier alpha value is -2.14. The molecule has 9 heteroatoms. The van der Waals surface area contributed by atoms with Crippen LogP contribution in [0.3, 0.4) is 0 Å². The predicted molar refractivity (Wildman–Crippen MR) is 129 cm³/mol. The quantitative estimate of drug-likeness (QED) is 0.223. The van der Waals surface area contributed by atoms with E-state index in [1.807, 2.05) is 37.3 Å². The molecule has 1 atom stereocenters. The number of halogens is 3. The monoisotopic (exact) mass is 549 g/mol. The summed E-state index contributed by atoms with van der Waals surface area (Å²) in [5.41, 5.74) is 1.70. The second-order valence-corrected chi connectivity index (χ2v) is 6.52. The highest BCUT2D eigenvalue weighted by Crippen LogP contribution is 2.29. The van der Waals surface area contributed by atoms with Crippen LogP contribution in [0, 0.1) is 0 Å². The van der Waals surface area contributed by atoms with E-state index in [9.17, 15) is 13.9 Å². The largest absolute Gasteiger partial charge is 0.493 e. The maximum absolute atomic E-state index is 12.6. The second kappa shape index (κ2) is 14.8. The Kier molecular flexibility index (Phi) is 12.8. The number of nitrogens with one attached hydrogen (secondary N) is 2. The molecule has 31 heavy (non-hydrogen) atoms. The average molecular weight is 549 g/mol. The van der Waals surface area contributed by atoms with Crippen molar-refractivity contribution in [3.63, 3.8) is 0 Å². The van der Waals surface area contributed by atoms with Crippen LogP contribution in [0.2, 0.25) is 0 Å². The van der Waals surface area contributed by atoms with Gasteiger partial charge in [-0.1, -0.05) is 36.4 Å². The van der Waals surface area contributed by atoms with Crippen LogP contribution in [0.4, 0.5) is 8.78 Å². The van der Waals surface area contributed by atoms with Crippen LogP contribution in [-0.4, -0.2) is 44.4 Å². The SMILES string of the molecule is CCNC(=NCCC(O)c1ccccc1)NCCc1ccc(OC)c(OC(F)F)c1.I. The van der Waals surface area contributed by atoms with Crippen molar-refractivity contribution < 1.29 is 23.4 Å². The van der Waals surface area contributed by atoms with Gasteiger partial charge in [0.15, 0.2) is 17.5 Å². The number of guanidine groups is 1. The Morgan fingerprint density at radius 1 is 1.10 bits per heavy atom. The summed E-state index contributed by atoms with van der Waals surface area (Å²) in [6.45, 7) is 0.759. The molecule has 6 nitrogen and oxygen atoms in total. The summed E-state index contributed by atoms with van der Waals surface area (Å²) in [6.07, 6.45) is 0.527. The Bertz CT molecular complexity index is 795. The molecule has 0 aliphatic rings. The number of aliphatic hydroxyl groups excluding tert-OH is 1. The molecule has 2 rings (SSSR count). The van der Waals surface area contributed by atoms with Crippen molar-refractivity contribution in [3.05, 3.63) is 59.7 Å². The third-order valence-electron chi connectivity index (χ3n) is 4.35. The highest BCUT2D eigenvalue weighted by atomic mass is 127. The Labute approximate surface area is 199 Å². The lowest BCUT2D eigenvalue weighted by Gasteiger charge is -2.14. The van der Waals surface area contributed by atoms with Crippen molar-refractivity contribution in [2.75, 3.05) is 26.7 Å². The number of aliphatic hydroxyl groups is 1. The molecule has 0 aromatic heterocycles. The van der Waals surface area contributed by atoms with Gasteiger partial charge in [0.1, 0.15) is 0 Å².